The van der Waals surface area contributed by atoms with Crippen molar-refractivity contribution in [1.82, 2.24) is 0 Å². The molecule has 0 aromatic carbocycles. The quantitative estimate of drug-likeness (QED) is 0.532. The van der Waals surface area contributed by atoms with E-state index >= 15 is 0 Å². The molecule has 1 aliphatic heterocycles. The number of nitrogens with zero attached hydrogens (tertiary/aromatic N) is 1. The molecule has 0 N–H and O–H groups in total. The van der Waals surface area contributed by atoms with Gasteiger partial charge < -0.3 is 17.8 Å². The molecule has 0 radical (unpaired) electrons. The third-order valence-corrected chi connectivity index (χ3v) is 7.78. The largest absolute Gasteiger partial charge is 0.560 e. The average molecular weight is 361 g/mol. The van der Waals surface area contributed by atoms with Crippen LogP contribution in [0, 0.1) is 0 Å². The molecule has 0 amide bonds. The van der Waals surface area contributed by atoms with Crippen LogP contribution in [0.1, 0.15) is 81.6 Å². The summed E-state index contributed by atoms with van der Waals surface area (Å²) in [6, 6.07) is 0. The Kier molecular flexibility index (Phi) is 6.77. The Morgan fingerprint density at radius 3 is 1.29 bits per heavy atom. The first kappa shape index (κ1) is 22.1. The number of hydrogen-bond acceptors (Lipinski definition) is 3. The Labute approximate surface area is 151 Å². The molecule has 0 aliphatic carbocycles. The molecule has 1 fully saturated rings. The number of likely N-dealkylation sites (tertiary alicyclic amines) is 1. The number of hydrogen-bond donors (Lipinski definition) is 0. The highest BCUT2D eigenvalue weighted by Gasteiger charge is 2.56. The molecule has 1 heterocycles. The lowest BCUT2D eigenvalue weighted by atomic mass is 10.1. The van der Waals surface area contributed by atoms with Crippen LogP contribution in [-0.4, -0.2) is 56.4 Å². The maximum Gasteiger partial charge on any atom is 0.560 e. The van der Waals surface area contributed by atoms with Crippen LogP contribution in [0.25, 0.3) is 0 Å². The van der Waals surface area contributed by atoms with Gasteiger partial charge in [-0.25, -0.2) is 0 Å². The zero-order valence-electron chi connectivity index (χ0n) is 17.9. The molecule has 4 nitrogen and oxygen atoms in total. The topological polar surface area (TPSA) is 27.7 Å². The molecule has 0 aromatic rings. The molecule has 0 saturated carbocycles. The van der Waals surface area contributed by atoms with Crippen LogP contribution in [0.15, 0.2) is 0 Å². The fourth-order valence-corrected chi connectivity index (χ4v) is 7.83. The van der Waals surface area contributed by atoms with Crippen LogP contribution in [0.4, 0.5) is 0 Å². The van der Waals surface area contributed by atoms with Crippen LogP contribution >= 0.6 is 0 Å². The summed E-state index contributed by atoms with van der Waals surface area (Å²) in [6.45, 7) is 21.3. The van der Waals surface area contributed by atoms with E-state index in [1.165, 1.54) is 32.4 Å². The van der Waals surface area contributed by atoms with E-state index < -0.39 is 8.80 Å². The highest BCUT2D eigenvalue weighted by atomic mass is 28.4. The second-order valence-electron chi connectivity index (χ2n) is 10.6. The summed E-state index contributed by atoms with van der Waals surface area (Å²) < 4.78 is 20.9. The fourth-order valence-electron chi connectivity index (χ4n) is 3.46. The Balaban J connectivity index is 3.21. The summed E-state index contributed by atoms with van der Waals surface area (Å²) in [5.41, 5.74) is -0.882. The Morgan fingerprint density at radius 2 is 1.00 bits per heavy atom. The third kappa shape index (κ3) is 8.43. The van der Waals surface area contributed by atoms with Gasteiger partial charge in [-0.2, -0.15) is 0 Å². The van der Waals surface area contributed by atoms with Gasteiger partial charge in [0.1, 0.15) is 6.17 Å². The minimum Gasteiger partial charge on any atom is -0.365 e. The molecule has 1 saturated heterocycles. The van der Waals surface area contributed by atoms with E-state index in [-0.39, 0.29) is 16.8 Å². The zero-order valence-corrected chi connectivity index (χ0v) is 18.9. The van der Waals surface area contributed by atoms with Gasteiger partial charge in [-0.05, 0) is 81.6 Å². The maximum atomic E-state index is 6.62. The van der Waals surface area contributed by atoms with E-state index in [4.69, 9.17) is 13.3 Å². The standard InChI is InChI=1S/C19H42NO3Si/c1-17(2,3)21-24(22-18(4,5)6,23-19(7,8)9)16-20(10)14-12-11-13-15-20/h11-16H2,1-10H3/q+1. The van der Waals surface area contributed by atoms with Gasteiger partial charge in [-0.1, -0.05) is 0 Å². The SMILES string of the molecule is CC(C)(C)O[Si](C[N+]1(C)CCCCC1)(OC(C)(C)C)OC(C)(C)C. The van der Waals surface area contributed by atoms with E-state index in [1.807, 2.05) is 0 Å². The van der Waals surface area contributed by atoms with Crippen molar-refractivity contribution in [3.63, 3.8) is 0 Å². The van der Waals surface area contributed by atoms with Crippen molar-refractivity contribution in [1.29, 1.82) is 0 Å². The molecule has 144 valence electrons. The summed E-state index contributed by atoms with van der Waals surface area (Å²) >= 11 is 0. The first-order chi connectivity index (χ1) is 10.5. The lowest BCUT2D eigenvalue weighted by molar-refractivity contribution is -0.906. The molecule has 1 aliphatic rings. The molecule has 0 bridgehead atoms. The fraction of sp³-hybridized carbons (Fsp3) is 1.00. The van der Waals surface area contributed by atoms with Crippen LogP contribution in [0.2, 0.25) is 0 Å². The lowest BCUT2D eigenvalue weighted by Gasteiger charge is -2.47. The predicted octanol–water partition coefficient (Wildman–Crippen LogP) is 4.54. The molecule has 0 atom stereocenters. The zero-order chi connectivity index (χ0) is 18.9. The minimum atomic E-state index is -2.89. The highest BCUT2D eigenvalue weighted by molar-refractivity contribution is 6.61. The van der Waals surface area contributed by atoms with Gasteiger partial charge >= 0.3 is 8.80 Å². The summed E-state index contributed by atoms with van der Waals surface area (Å²) in [7, 11) is -0.551. The monoisotopic (exact) mass is 360 g/mol. The van der Waals surface area contributed by atoms with Crippen molar-refractivity contribution in [2.24, 2.45) is 0 Å². The molecule has 0 aromatic heterocycles. The van der Waals surface area contributed by atoms with Crippen molar-refractivity contribution in [3.8, 4) is 0 Å². The predicted molar refractivity (Wildman–Crippen MR) is 103 cm³/mol. The van der Waals surface area contributed by atoms with Crippen molar-refractivity contribution >= 4 is 8.80 Å². The van der Waals surface area contributed by atoms with Gasteiger partial charge in [0, 0.05) is 0 Å². The molecule has 0 spiro atoms. The van der Waals surface area contributed by atoms with E-state index in [1.54, 1.807) is 0 Å². The van der Waals surface area contributed by atoms with E-state index in [0.717, 1.165) is 10.7 Å². The van der Waals surface area contributed by atoms with Crippen LogP contribution in [0.3, 0.4) is 0 Å². The van der Waals surface area contributed by atoms with Crippen molar-refractivity contribution in [2.45, 2.75) is 98.4 Å². The van der Waals surface area contributed by atoms with Crippen LogP contribution in [-0.2, 0) is 13.3 Å². The summed E-state index contributed by atoms with van der Waals surface area (Å²) in [6.07, 6.45) is 4.74. The average Bonchev–Trinajstić information content (AvgIpc) is 2.19. The lowest BCUT2D eigenvalue weighted by Crippen LogP contribution is -2.67. The van der Waals surface area contributed by atoms with E-state index in [9.17, 15) is 0 Å². The summed E-state index contributed by atoms with van der Waals surface area (Å²) in [5.74, 6) is 0. The van der Waals surface area contributed by atoms with Gasteiger partial charge in [-0.3, -0.25) is 0 Å². The van der Waals surface area contributed by atoms with Crippen molar-refractivity contribution in [3.05, 3.63) is 0 Å². The van der Waals surface area contributed by atoms with Crippen LogP contribution in [0.5, 0.6) is 0 Å². The van der Waals surface area contributed by atoms with E-state index in [2.05, 4.69) is 69.4 Å². The second kappa shape index (κ2) is 7.35. The maximum absolute atomic E-state index is 6.62. The molecular formula is C19H42NO3Si+. The normalized spacial score (nSPS) is 20.2. The van der Waals surface area contributed by atoms with Crippen molar-refractivity contribution in [2.75, 3.05) is 26.3 Å². The molecule has 1 rings (SSSR count). The van der Waals surface area contributed by atoms with Gasteiger partial charge in [0.15, 0.2) is 0 Å². The van der Waals surface area contributed by atoms with Crippen LogP contribution < -0.4 is 0 Å². The molecule has 0 unspecified atom stereocenters. The number of rotatable bonds is 5. The number of quaternary nitrogens is 1. The van der Waals surface area contributed by atoms with E-state index in [0.29, 0.717) is 0 Å². The second-order valence-corrected chi connectivity index (χ2v) is 12.9. The van der Waals surface area contributed by atoms with Gasteiger partial charge in [0.2, 0.25) is 0 Å². The number of piperidine rings is 1. The summed E-state index contributed by atoms with van der Waals surface area (Å²) in [5, 5.41) is 0. The molecule has 5 heteroatoms. The summed E-state index contributed by atoms with van der Waals surface area (Å²) in [4.78, 5) is 0. The van der Waals surface area contributed by atoms with Gasteiger partial charge in [0.25, 0.3) is 0 Å². The Bertz CT molecular complexity index is 358. The smallest absolute Gasteiger partial charge is 0.365 e. The minimum absolute atomic E-state index is 0.294. The first-order valence-corrected chi connectivity index (χ1v) is 11.4. The molecular weight excluding hydrogens is 318 g/mol. The van der Waals surface area contributed by atoms with Gasteiger partial charge in [-0.15, -0.1) is 0 Å². The highest BCUT2D eigenvalue weighted by Crippen LogP contribution is 2.32. The molecule has 24 heavy (non-hydrogen) atoms. The Hall–Kier alpha value is 0.0569. The van der Waals surface area contributed by atoms with Gasteiger partial charge in [0.05, 0.1) is 36.9 Å². The third-order valence-electron chi connectivity index (χ3n) is 3.86. The first-order valence-electron chi connectivity index (χ1n) is 9.47. The van der Waals surface area contributed by atoms with Crippen molar-refractivity contribution < 1.29 is 17.8 Å². The Morgan fingerprint density at radius 1 is 0.667 bits per heavy atom.